The molecule has 19 heavy (non-hydrogen) atoms. The van der Waals surface area contributed by atoms with Crippen LogP contribution in [-0.4, -0.2) is 23.9 Å². The highest BCUT2D eigenvalue weighted by atomic mass is 35.5. The maximum Gasteiger partial charge on any atom is 0.285 e. The van der Waals surface area contributed by atoms with Gasteiger partial charge in [-0.25, -0.2) is 0 Å². The molecular formula is C12H18ClN3O3. The Kier molecular flexibility index (Phi) is 7.71. The minimum Gasteiger partial charge on any atom is -0.352 e. The standard InChI is InChI=1S/C12H17N3O3.ClH/c1-9-5-4-6-10(11(9)15(17)18)12(16)14-8-3-2-7-13;/h4-6H,2-3,7-8,13H2,1H3,(H,14,16);1H. The molecule has 1 aromatic rings. The molecule has 0 aliphatic carbocycles. The number of nitrogens with two attached hydrogens (primary N) is 1. The molecule has 1 aromatic carbocycles. The van der Waals surface area contributed by atoms with E-state index in [0.29, 0.717) is 18.7 Å². The van der Waals surface area contributed by atoms with Crippen molar-refractivity contribution in [3.8, 4) is 0 Å². The minimum atomic E-state index is -0.524. The molecule has 0 saturated carbocycles. The van der Waals surface area contributed by atoms with Crippen molar-refractivity contribution in [3.63, 3.8) is 0 Å². The van der Waals surface area contributed by atoms with E-state index in [1.54, 1.807) is 19.1 Å². The van der Waals surface area contributed by atoms with Crippen molar-refractivity contribution in [2.24, 2.45) is 5.73 Å². The smallest absolute Gasteiger partial charge is 0.285 e. The summed E-state index contributed by atoms with van der Waals surface area (Å²) in [7, 11) is 0. The molecule has 3 N–H and O–H groups in total. The van der Waals surface area contributed by atoms with Gasteiger partial charge in [0.2, 0.25) is 0 Å². The first-order valence-electron chi connectivity index (χ1n) is 5.80. The first kappa shape index (κ1) is 17.3. The molecule has 7 heteroatoms. The zero-order chi connectivity index (χ0) is 13.5. The van der Waals surface area contributed by atoms with Crippen LogP contribution in [-0.2, 0) is 0 Å². The van der Waals surface area contributed by atoms with Gasteiger partial charge in [-0.2, -0.15) is 0 Å². The van der Waals surface area contributed by atoms with E-state index >= 15 is 0 Å². The number of carbonyl (C=O) groups is 1. The number of para-hydroxylation sites is 1. The number of amides is 1. The topological polar surface area (TPSA) is 98.3 Å². The van der Waals surface area contributed by atoms with Gasteiger partial charge in [0.1, 0.15) is 5.56 Å². The molecule has 1 amide bonds. The van der Waals surface area contributed by atoms with Crippen molar-refractivity contribution in [2.45, 2.75) is 19.8 Å². The Morgan fingerprint density at radius 2 is 2.11 bits per heavy atom. The van der Waals surface area contributed by atoms with Crippen molar-refractivity contribution in [1.82, 2.24) is 5.32 Å². The average molecular weight is 288 g/mol. The van der Waals surface area contributed by atoms with Crippen molar-refractivity contribution >= 4 is 24.0 Å². The van der Waals surface area contributed by atoms with Crippen molar-refractivity contribution in [1.29, 1.82) is 0 Å². The van der Waals surface area contributed by atoms with E-state index in [-0.39, 0.29) is 23.7 Å². The van der Waals surface area contributed by atoms with Crippen LogP contribution in [0.1, 0.15) is 28.8 Å². The number of hydrogen-bond acceptors (Lipinski definition) is 4. The minimum absolute atomic E-state index is 0. The average Bonchev–Trinajstić information content (AvgIpc) is 2.33. The monoisotopic (exact) mass is 287 g/mol. The molecule has 0 saturated heterocycles. The Hall–Kier alpha value is -1.66. The molecular weight excluding hydrogens is 270 g/mol. The highest BCUT2D eigenvalue weighted by Gasteiger charge is 2.21. The lowest BCUT2D eigenvalue weighted by molar-refractivity contribution is -0.385. The maximum atomic E-state index is 11.8. The number of nitrogens with zero attached hydrogens (tertiary/aromatic N) is 1. The number of unbranched alkanes of at least 4 members (excludes halogenated alkanes) is 1. The maximum absolute atomic E-state index is 11.8. The number of nitro benzene ring substituents is 1. The van der Waals surface area contributed by atoms with E-state index in [9.17, 15) is 14.9 Å². The number of nitrogens with one attached hydrogen (secondary N) is 1. The van der Waals surface area contributed by atoms with Gasteiger partial charge in [0, 0.05) is 12.1 Å². The van der Waals surface area contributed by atoms with Crippen molar-refractivity contribution in [3.05, 3.63) is 39.4 Å². The Morgan fingerprint density at radius 3 is 2.68 bits per heavy atom. The van der Waals surface area contributed by atoms with Gasteiger partial charge >= 0.3 is 0 Å². The number of nitro groups is 1. The van der Waals surface area contributed by atoms with Crippen LogP contribution in [0, 0.1) is 17.0 Å². The number of carbonyl (C=O) groups excluding carboxylic acids is 1. The van der Waals surface area contributed by atoms with Gasteiger partial charge in [-0.05, 0) is 32.4 Å². The van der Waals surface area contributed by atoms with Crippen LogP contribution in [0.4, 0.5) is 5.69 Å². The molecule has 0 bridgehead atoms. The van der Waals surface area contributed by atoms with Crippen LogP contribution >= 0.6 is 12.4 Å². The van der Waals surface area contributed by atoms with Crippen LogP contribution < -0.4 is 11.1 Å². The lowest BCUT2D eigenvalue weighted by Gasteiger charge is -2.06. The summed E-state index contributed by atoms with van der Waals surface area (Å²) in [4.78, 5) is 22.2. The molecule has 0 fully saturated rings. The van der Waals surface area contributed by atoms with E-state index in [1.807, 2.05) is 0 Å². The Balaban J connectivity index is 0.00000324. The number of rotatable bonds is 6. The van der Waals surface area contributed by atoms with E-state index in [1.165, 1.54) is 6.07 Å². The number of halogens is 1. The van der Waals surface area contributed by atoms with Crippen LogP contribution in [0.2, 0.25) is 0 Å². The van der Waals surface area contributed by atoms with Gasteiger partial charge < -0.3 is 11.1 Å². The van der Waals surface area contributed by atoms with Crippen LogP contribution in [0.15, 0.2) is 18.2 Å². The Bertz CT molecular complexity index is 452. The third kappa shape index (κ3) is 4.84. The molecule has 0 spiro atoms. The Labute approximate surface area is 117 Å². The summed E-state index contributed by atoms with van der Waals surface area (Å²) < 4.78 is 0. The third-order valence-electron chi connectivity index (χ3n) is 2.58. The quantitative estimate of drug-likeness (QED) is 0.473. The molecule has 0 aliphatic heterocycles. The number of aryl methyl sites for hydroxylation is 1. The SMILES string of the molecule is Cc1cccc(C(=O)NCCCCN)c1[N+](=O)[O-].Cl. The summed E-state index contributed by atoms with van der Waals surface area (Å²) in [6.07, 6.45) is 1.58. The molecule has 0 heterocycles. The second-order valence-electron chi connectivity index (χ2n) is 3.98. The Morgan fingerprint density at radius 1 is 1.42 bits per heavy atom. The largest absolute Gasteiger partial charge is 0.352 e. The van der Waals surface area contributed by atoms with Gasteiger partial charge in [-0.3, -0.25) is 14.9 Å². The predicted octanol–water partition coefficient (Wildman–Crippen LogP) is 1.79. The molecule has 0 radical (unpaired) electrons. The normalized spacial score (nSPS) is 9.58. The fourth-order valence-electron chi connectivity index (χ4n) is 1.65. The number of benzene rings is 1. The molecule has 0 unspecified atom stereocenters. The summed E-state index contributed by atoms with van der Waals surface area (Å²) in [6.45, 7) is 2.66. The van der Waals surface area contributed by atoms with E-state index in [0.717, 1.165) is 12.8 Å². The van der Waals surface area contributed by atoms with Gasteiger partial charge in [0.15, 0.2) is 0 Å². The number of hydrogen-bond donors (Lipinski definition) is 2. The first-order chi connectivity index (χ1) is 8.57. The van der Waals surface area contributed by atoms with E-state index in [2.05, 4.69) is 5.32 Å². The van der Waals surface area contributed by atoms with Crippen LogP contribution in [0.5, 0.6) is 0 Å². The summed E-state index contributed by atoms with van der Waals surface area (Å²) in [6, 6.07) is 4.71. The predicted molar refractivity (Wildman–Crippen MR) is 75.7 cm³/mol. The van der Waals surface area contributed by atoms with Gasteiger partial charge in [0.05, 0.1) is 4.92 Å². The zero-order valence-corrected chi connectivity index (χ0v) is 11.5. The summed E-state index contributed by atoms with van der Waals surface area (Å²) >= 11 is 0. The third-order valence-corrected chi connectivity index (χ3v) is 2.58. The highest BCUT2D eigenvalue weighted by molar-refractivity contribution is 5.98. The van der Waals surface area contributed by atoms with Gasteiger partial charge in [-0.1, -0.05) is 12.1 Å². The van der Waals surface area contributed by atoms with Gasteiger partial charge in [-0.15, -0.1) is 12.4 Å². The molecule has 106 valence electrons. The molecule has 0 atom stereocenters. The fraction of sp³-hybridized carbons (Fsp3) is 0.417. The molecule has 6 nitrogen and oxygen atoms in total. The van der Waals surface area contributed by atoms with Crippen LogP contribution in [0.3, 0.4) is 0 Å². The lowest BCUT2D eigenvalue weighted by atomic mass is 10.1. The van der Waals surface area contributed by atoms with Crippen molar-refractivity contribution in [2.75, 3.05) is 13.1 Å². The highest BCUT2D eigenvalue weighted by Crippen LogP contribution is 2.22. The second kappa shape index (κ2) is 8.44. The van der Waals surface area contributed by atoms with E-state index in [4.69, 9.17) is 5.73 Å². The lowest BCUT2D eigenvalue weighted by Crippen LogP contribution is -2.25. The van der Waals surface area contributed by atoms with Gasteiger partial charge in [0.25, 0.3) is 11.6 Å². The van der Waals surface area contributed by atoms with Crippen molar-refractivity contribution < 1.29 is 9.72 Å². The van der Waals surface area contributed by atoms with E-state index < -0.39 is 10.8 Å². The fourth-order valence-corrected chi connectivity index (χ4v) is 1.65. The molecule has 1 rings (SSSR count). The molecule has 0 aromatic heterocycles. The first-order valence-corrected chi connectivity index (χ1v) is 5.80. The molecule has 0 aliphatic rings. The second-order valence-corrected chi connectivity index (χ2v) is 3.98. The summed E-state index contributed by atoms with van der Waals surface area (Å²) in [5, 5.41) is 13.6. The van der Waals surface area contributed by atoms with Crippen LogP contribution in [0.25, 0.3) is 0 Å². The summed E-state index contributed by atoms with van der Waals surface area (Å²) in [5.41, 5.74) is 5.79. The zero-order valence-electron chi connectivity index (χ0n) is 10.7. The summed E-state index contributed by atoms with van der Waals surface area (Å²) in [5.74, 6) is -0.414.